The van der Waals surface area contributed by atoms with E-state index in [-0.39, 0.29) is 0 Å². The van der Waals surface area contributed by atoms with E-state index in [9.17, 15) is 0 Å². The quantitative estimate of drug-likeness (QED) is 0.857. The number of fused-ring (bicyclic) bond motifs is 1. The van der Waals surface area contributed by atoms with Crippen molar-refractivity contribution in [3.63, 3.8) is 0 Å². The number of benzene rings is 1. The van der Waals surface area contributed by atoms with E-state index in [1.165, 1.54) is 0 Å². The van der Waals surface area contributed by atoms with Gasteiger partial charge in [0.15, 0.2) is 11.5 Å². The highest BCUT2D eigenvalue weighted by atomic mass is 16.7. The average Bonchev–Trinajstić information content (AvgIpc) is 2.86. The van der Waals surface area contributed by atoms with Crippen molar-refractivity contribution in [2.45, 2.75) is 0 Å². The minimum Gasteiger partial charge on any atom is -0.454 e. The molecule has 2 aromatic rings. The molecular formula is C13H12N2O2. The van der Waals surface area contributed by atoms with Crippen LogP contribution >= 0.6 is 0 Å². The smallest absolute Gasteiger partial charge is 0.231 e. The van der Waals surface area contributed by atoms with Crippen LogP contribution in [0.15, 0.2) is 36.4 Å². The lowest BCUT2D eigenvalue weighted by atomic mass is 10.1. The number of hydrogen-bond acceptors (Lipinski definition) is 4. The molecule has 86 valence electrons. The zero-order valence-corrected chi connectivity index (χ0v) is 9.43. The predicted octanol–water partition coefficient (Wildman–Crippen LogP) is 2.52. The molecule has 2 heterocycles. The molecule has 17 heavy (non-hydrogen) atoms. The van der Waals surface area contributed by atoms with E-state index in [1.54, 1.807) is 0 Å². The van der Waals surface area contributed by atoms with Gasteiger partial charge >= 0.3 is 0 Å². The number of hydrogen-bond donors (Lipinski definition) is 1. The van der Waals surface area contributed by atoms with Gasteiger partial charge < -0.3 is 14.8 Å². The van der Waals surface area contributed by atoms with Crippen LogP contribution in [0, 0.1) is 0 Å². The van der Waals surface area contributed by atoms with Crippen LogP contribution in [0.1, 0.15) is 0 Å². The lowest BCUT2D eigenvalue weighted by molar-refractivity contribution is 0.174. The Hall–Kier alpha value is -2.23. The summed E-state index contributed by atoms with van der Waals surface area (Å²) in [6.45, 7) is 0.294. The van der Waals surface area contributed by atoms with Gasteiger partial charge in [-0.1, -0.05) is 6.07 Å². The lowest BCUT2D eigenvalue weighted by Crippen LogP contribution is -1.93. The second-order valence-electron chi connectivity index (χ2n) is 3.73. The Morgan fingerprint density at radius 3 is 2.88 bits per heavy atom. The SMILES string of the molecule is CNc1cccc(-c2ccc3c(c2)OCO3)n1. The second-order valence-corrected chi connectivity index (χ2v) is 3.73. The molecule has 4 nitrogen and oxygen atoms in total. The fourth-order valence-corrected chi connectivity index (χ4v) is 1.79. The predicted molar refractivity (Wildman–Crippen MR) is 65.3 cm³/mol. The first kappa shape index (κ1) is 9.96. The molecule has 0 atom stereocenters. The van der Waals surface area contributed by atoms with Crippen molar-refractivity contribution in [1.82, 2.24) is 4.98 Å². The van der Waals surface area contributed by atoms with Gasteiger partial charge in [0, 0.05) is 12.6 Å². The minimum atomic E-state index is 0.294. The molecule has 4 heteroatoms. The number of rotatable bonds is 2. The van der Waals surface area contributed by atoms with Crippen molar-refractivity contribution in [2.24, 2.45) is 0 Å². The van der Waals surface area contributed by atoms with E-state index in [0.29, 0.717) is 6.79 Å². The van der Waals surface area contributed by atoms with Crippen LogP contribution in [0.2, 0.25) is 0 Å². The summed E-state index contributed by atoms with van der Waals surface area (Å²) in [5.41, 5.74) is 1.93. The van der Waals surface area contributed by atoms with Gasteiger partial charge in [0.1, 0.15) is 5.82 Å². The van der Waals surface area contributed by atoms with E-state index in [1.807, 2.05) is 43.4 Å². The van der Waals surface area contributed by atoms with Crippen molar-refractivity contribution < 1.29 is 9.47 Å². The summed E-state index contributed by atoms with van der Waals surface area (Å²) < 4.78 is 10.6. The molecule has 3 rings (SSSR count). The van der Waals surface area contributed by atoms with Gasteiger partial charge in [0.05, 0.1) is 5.69 Å². The zero-order valence-electron chi connectivity index (χ0n) is 9.43. The van der Waals surface area contributed by atoms with Gasteiger partial charge in [0.25, 0.3) is 0 Å². The third-order valence-corrected chi connectivity index (χ3v) is 2.67. The van der Waals surface area contributed by atoms with E-state index in [2.05, 4.69) is 10.3 Å². The van der Waals surface area contributed by atoms with Gasteiger partial charge in [-0.3, -0.25) is 0 Å². The van der Waals surface area contributed by atoms with Crippen LogP contribution in [-0.2, 0) is 0 Å². The summed E-state index contributed by atoms with van der Waals surface area (Å²) in [6.07, 6.45) is 0. The maximum atomic E-state index is 5.35. The van der Waals surface area contributed by atoms with E-state index in [4.69, 9.17) is 9.47 Å². The second kappa shape index (κ2) is 3.97. The van der Waals surface area contributed by atoms with Crippen molar-refractivity contribution in [1.29, 1.82) is 0 Å². The van der Waals surface area contributed by atoms with E-state index in [0.717, 1.165) is 28.6 Å². The van der Waals surface area contributed by atoms with E-state index >= 15 is 0 Å². The molecule has 1 aliphatic heterocycles. The lowest BCUT2D eigenvalue weighted by Gasteiger charge is -2.05. The molecule has 1 aromatic carbocycles. The van der Waals surface area contributed by atoms with Crippen molar-refractivity contribution >= 4 is 5.82 Å². The monoisotopic (exact) mass is 228 g/mol. The topological polar surface area (TPSA) is 43.4 Å². The highest BCUT2D eigenvalue weighted by Crippen LogP contribution is 2.35. The number of nitrogens with one attached hydrogen (secondary N) is 1. The molecule has 0 saturated heterocycles. The highest BCUT2D eigenvalue weighted by molar-refractivity contribution is 5.65. The summed E-state index contributed by atoms with van der Waals surface area (Å²) in [4.78, 5) is 4.48. The third kappa shape index (κ3) is 1.78. The minimum absolute atomic E-state index is 0.294. The fourth-order valence-electron chi connectivity index (χ4n) is 1.79. The van der Waals surface area contributed by atoms with Crippen LogP contribution in [0.4, 0.5) is 5.82 Å². The first-order chi connectivity index (χ1) is 8.36. The molecule has 0 saturated carbocycles. The summed E-state index contributed by atoms with van der Waals surface area (Å²) in [6, 6.07) is 11.7. The number of pyridine rings is 1. The van der Waals surface area contributed by atoms with Crippen molar-refractivity contribution in [3.8, 4) is 22.8 Å². The number of ether oxygens (including phenoxy) is 2. The van der Waals surface area contributed by atoms with Crippen molar-refractivity contribution in [3.05, 3.63) is 36.4 Å². The van der Waals surface area contributed by atoms with Crippen LogP contribution in [0.25, 0.3) is 11.3 Å². The fraction of sp³-hybridized carbons (Fsp3) is 0.154. The summed E-state index contributed by atoms with van der Waals surface area (Å²) in [5.74, 6) is 2.41. The first-order valence-corrected chi connectivity index (χ1v) is 5.41. The van der Waals surface area contributed by atoms with Crippen LogP contribution in [-0.4, -0.2) is 18.8 Å². The molecule has 0 aliphatic carbocycles. The molecule has 1 aliphatic rings. The Balaban J connectivity index is 2.03. The standard InChI is InChI=1S/C13H12N2O2/c1-14-13-4-2-3-10(15-13)9-5-6-11-12(7-9)17-8-16-11/h2-7H,8H2,1H3,(H,14,15). The number of aromatic nitrogens is 1. The Kier molecular flexibility index (Phi) is 2.33. The molecule has 0 unspecified atom stereocenters. The average molecular weight is 228 g/mol. The Morgan fingerprint density at radius 2 is 2.00 bits per heavy atom. The van der Waals surface area contributed by atoms with Crippen molar-refractivity contribution in [2.75, 3.05) is 19.2 Å². The highest BCUT2D eigenvalue weighted by Gasteiger charge is 2.14. The normalized spacial score (nSPS) is 12.5. The maximum Gasteiger partial charge on any atom is 0.231 e. The summed E-state index contributed by atoms with van der Waals surface area (Å²) in [7, 11) is 1.85. The van der Waals surface area contributed by atoms with Gasteiger partial charge in [-0.15, -0.1) is 0 Å². The molecule has 0 fully saturated rings. The zero-order chi connectivity index (χ0) is 11.7. The van der Waals surface area contributed by atoms with Crippen LogP contribution in [0.5, 0.6) is 11.5 Å². The molecule has 0 bridgehead atoms. The number of nitrogens with zero attached hydrogens (tertiary/aromatic N) is 1. The molecule has 1 N–H and O–H groups in total. The maximum absolute atomic E-state index is 5.35. The van der Waals surface area contributed by atoms with Gasteiger partial charge in [-0.25, -0.2) is 4.98 Å². The largest absolute Gasteiger partial charge is 0.454 e. The van der Waals surface area contributed by atoms with E-state index < -0.39 is 0 Å². The van der Waals surface area contributed by atoms with Crippen LogP contribution in [0.3, 0.4) is 0 Å². The molecule has 0 spiro atoms. The van der Waals surface area contributed by atoms with Gasteiger partial charge in [-0.05, 0) is 30.3 Å². The van der Waals surface area contributed by atoms with Gasteiger partial charge in [-0.2, -0.15) is 0 Å². The Morgan fingerprint density at radius 1 is 1.12 bits per heavy atom. The third-order valence-electron chi connectivity index (χ3n) is 2.67. The molecular weight excluding hydrogens is 216 g/mol. The molecule has 1 aromatic heterocycles. The Labute approximate surface area is 99.2 Å². The summed E-state index contributed by atoms with van der Waals surface area (Å²) in [5, 5.41) is 3.02. The summed E-state index contributed by atoms with van der Waals surface area (Å²) >= 11 is 0. The molecule has 0 amide bonds. The Bertz CT molecular complexity index is 555. The number of anilines is 1. The first-order valence-electron chi connectivity index (χ1n) is 5.41. The molecule has 0 radical (unpaired) electrons. The van der Waals surface area contributed by atoms with Crippen LogP contribution < -0.4 is 14.8 Å². The van der Waals surface area contributed by atoms with Gasteiger partial charge in [0.2, 0.25) is 6.79 Å².